The largest absolute Gasteiger partial charge is 0.453 e. The number of likely N-dealkylation sites (tertiary alicyclic amines) is 2. The number of nitrogens with zero attached hydrogens (tertiary/aromatic N) is 4. The highest BCUT2D eigenvalue weighted by molar-refractivity contribution is 5.88. The highest BCUT2D eigenvalue weighted by atomic mass is 16.5. The Morgan fingerprint density at radius 1 is 0.688 bits per heavy atom. The fourth-order valence-electron chi connectivity index (χ4n) is 9.07. The van der Waals surface area contributed by atoms with Crippen LogP contribution in [0.15, 0.2) is 109 Å². The number of alkyl carbamates (subject to hydrolysis) is 2. The molecule has 0 spiro atoms. The van der Waals surface area contributed by atoms with E-state index in [1.165, 1.54) is 19.8 Å². The number of aromatic nitrogens is 4. The molecule has 64 heavy (non-hydrogen) atoms. The molecule has 14 heteroatoms. The number of hydrogen-bond acceptors (Lipinski definition) is 8. The molecule has 4 atom stereocenters. The van der Waals surface area contributed by atoms with Crippen molar-refractivity contribution in [2.75, 3.05) is 27.3 Å². The summed E-state index contributed by atoms with van der Waals surface area (Å²) in [6.45, 7) is 1.11. The lowest BCUT2D eigenvalue weighted by molar-refractivity contribution is -0.135. The van der Waals surface area contributed by atoms with Gasteiger partial charge in [0.15, 0.2) is 0 Å². The van der Waals surface area contributed by atoms with Crippen LogP contribution in [0.3, 0.4) is 0 Å². The summed E-state index contributed by atoms with van der Waals surface area (Å²) in [5, 5.41) is 5.45. The van der Waals surface area contributed by atoms with Gasteiger partial charge in [0.2, 0.25) is 0 Å². The molecule has 0 unspecified atom stereocenters. The second kappa shape index (κ2) is 18.4. The van der Waals surface area contributed by atoms with Gasteiger partial charge in [0, 0.05) is 35.5 Å². The minimum absolute atomic E-state index is 0.200. The zero-order chi connectivity index (χ0) is 44.2. The van der Waals surface area contributed by atoms with Crippen molar-refractivity contribution in [3.05, 3.63) is 154 Å². The van der Waals surface area contributed by atoms with Crippen LogP contribution in [0.25, 0.3) is 22.5 Å². The monoisotopic (exact) mass is 856 g/mol. The molecule has 2 fully saturated rings. The zero-order valence-electron chi connectivity index (χ0n) is 35.6. The number of nitrogens with one attached hydrogen (secondary N) is 4. The van der Waals surface area contributed by atoms with Crippen molar-refractivity contribution in [1.82, 2.24) is 40.4 Å². The maximum absolute atomic E-state index is 14.0. The molecular weight excluding hydrogens is 809 g/mol. The second-order valence-electron chi connectivity index (χ2n) is 16.2. The number of methoxy groups -OCH3 is 2. The number of fused-ring (bicyclic) bond motifs is 3. The lowest BCUT2D eigenvalue weighted by Crippen LogP contribution is -2.42. The van der Waals surface area contributed by atoms with E-state index in [1.54, 1.807) is 11.1 Å². The fraction of sp³-hybridized carbons (Fsp3) is 0.280. The van der Waals surface area contributed by atoms with Gasteiger partial charge in [-0.1, -0.05) is 90.7 Å². The summed E-state index contributed by atoms with van der Waals surface area (Å²) in [5.74, 6) is 7.69. The molecular formula is C50H48N8O6. The van der Waals surface area contributed by atoms with E-state index in [0.717, 1.165) is 83.7 Å². The van der Waals surface area contributed by atoms with Crippen molar-refractivity contribution < 1.29 is 28.7 Å². The minimum atomic E-state index is -0.885. The van der Waals surface area contributed by atoms with Crippen LogP contribution in [-0.2, 0) is 31.9 Å². The lowest BCUT2D eigenvalue weighted by atomic mass is 9.91. The first-order valence-electron chi connectivity index (χ1n) is 21.6. The highest BCUT2D eigenvalue weighted by Crippen LogP contribution is 2.39. The van der Waals surface area contributed by atoms with Gasteiger partial charge in [0.05, 0.1) is 43.9 Å². The van der Waals surface area contributed by atoms with Gasteiger partial charge < -0.3 is 39.9 Å². The molecule has 9 rings (SSSR count). The summed E-state index contributed by atoms with van der Waals surface area (Å²) in [7, 11) is 2.57. The van der Waals surface area contributed by atoms with Crippen LogP contribution in [0.2, 0.25) is 0 Å². The summed E-state index contributed by atoms with van der Waals surface area (Å²) in [4.78, 5) is 72.9. The topological polar surface area (TPSA) is 175 Å². The molecule has 324 valence electrons. The van der Waals surface area contributed by atoms with Crippen molar-refractivity contribution in [2.24, 2.45) is 0 Å². The number of carbonyl (C=O) groups excluding carboxylic acids is 4. The van der Waals surface area contributed by atoms with Crippen molar-refractivity contribution in [1.29, 1.82) is 0 Å². The molecule has 14 nitrogen and oxygen atoms in total. The quantitative estimate of drug-likeness (QED) is 0.108. The van der Waals surface area contributed by atoms with Gasteiger partial charge in [-0.2, -0.15) is 0 Å². The van der Waals surface area contributed by atoms with Crippen molar-refractivity contribution >= 4 is 24.0 Å². The minimum Gasteiger partial charge on any atom is -0.453 e. The Hall–Kier alpha value is -7.66. The van der Waals surface area contributed by atoms with Crippen LogP contribution in [0.4, 0.5) is 9.59 Å². The van der Waals surface area contributed by atoms with Crippen LogP contribution < -0.4 is 10.6 Å². The maximum Gasteiger partial charge on any atom is 0.407 e. The number of aryl methyl sites for hydroxylation is 2. The number of H-pyrrole nitrogens is 2. The molecule has 1 aliphatic carbocycles. The Morgan fingerprint density at radius 3 is 1.84 bits per heavy atom. The number of benzene rings is 4. The average molecular weight is 857 g/mol. The van der Waals surface area contributed by atoms with E-state index in [9.17, 15) is 19.2 Å². The van der Waals surface area contributed by atoms with E-state index >= 15 is 0 Å². The first-order valence-corrected chi connectivity index (χ1v) is 21.6. The molecule has 0 bridgehead atoms. The molecule has 4 aromatic carbocycles. The SMILES string of the molecule is COC(=O)N[C@@H](C(=O)N1CCC[C@H]1c1ncc(-c2ccc(C#Cc3ccc4c(c3)CCc3[nH]c([C@@H]5CCCN5C(=O)[C@H](NC(=O)OC)c5ccccc5)nc3-4)cc2)[nH]1)c1ccccc1. The Bertz CT molecular complexity index is 2740. The van der Waals surface area contributed by atoms with Crippen LogP contribution in [-0.4, -0.2) is 81.0 Å². The molecule has 4 N–H and O–H groups in total. The molecule has 2 saturated heterocycles. The number of amides is 4. The van der Waals surface area contributed by atoms with Crippen molar-refractivity contribution in [3.8, 4) is 34.4 Å². The molecule has 4 amide bonds. The van der Waals surface area contributed by atoms with Crippen molar-refractivity contribution in [3.63, 3.8) is 0 Å². The van der Waals surface area contributed by atoms with Gasteiger partial charge in [-0.3, -0.25) is 9.59 Å². The summed E-state index contributed by atoms with van der Waals surface area (Å²) in [6, 6.07) is 30.3. The molecule has 2 aliphatic heterocycles. The van der Waals surface area contributed by atoms with Gasteiger partial charge in [-0.25, -0.2) is 19.6 Å². The Kier molecular flexibility index (Phi) is 12.0. The third-order valence-corrected chi connectivity index (χ3v) is 12.3. The fourth-order valence-corrected chi connectivity index (χ4v) is 9.07. The number of hydrogen-bond donors (Lipinski definition) is 4. The molecule has 2 aromatic heterocycles. The average Bonchev–Trinajstić information content (AvgIpc) is 4.19. The summed E-state index contributed by atoms with van der Waals surface area (Å²) < 4.78 is 9.69. The number of rotatable bonds is 9. The van der Waals surface area contributed by atoms with Crippen LogP contribution >= 0.6 is 0 Å². The van der Waals surface area contributed by atoms with Crippen LogP contribution in [0.1, 0.15) is 95.0 Å². The van der Waals surface area contributed by atoms with E-state index in [2.05, 4.69) is 44.6 Å². The van der Waals surface area contributed by atoms with Crippen molar-refractivity contribution in [2.45, 2.75) is 62.7 Å². The normalized spacial score (nSPS) is 17.3. The van der Waals surface area contributed by atoms with E-state index in [1.807, 2.05) is 95.9 Å². The predicted octanol–water partition coefficient (Wildman–Crippen LogP) is 7.49. The van der Waals surface area contributed by atoms with Crippen LogP contribution in [0, 0.1) is 11.8 Å². The van der Waals surface area contributed by atoms with Gasteiger partial charge in [-0.05, 0) is 85.0 Å². The van der Waals surface area contributed by atoms with E-state index < -0.39 is 24.3 Å². The Morgan fingerprint density at radius 2 is 1.25 bits per heavy atom. The molecule has 4 heterocycles. The zero-order valence-corrected chi connectivity index (χ0v) is 35.6. The predicted molar refractivity (Wildman–Crippen MR) is 238 cm³/mol. The lowest BCUT2D eigenvalue weighted by Gasteiger charge is -2.28. The molecule has 0 saturated carbocycles. The van der Waals surface area contributed by atoms with E-state index in [-0.39, 0.29) is 23.9 Å². The van der Waals surface area contributed by atoms with Gasteiger partial charge in [0.25, 0.3) is 11.8 Å². The summed E-state index contributed by atoms with van der Waals surface area (Å²) in [6.07, 6.45) is 5.21. The van der Waals surface area contributed by atoms with Gasteiger partial charge in [-0.15, -0.1) is 0 Å². The van der Waals surface area contributed by atoms with Gasteiger partial charge >= 0.3 is 12.2 Å². The summed E-state index contributed by atoms with van der Waals surface area (Å²) in [5.41, 5.74) is 9.09. The number of ether oxygens (including phenoxy) is 2. The van der Waals surface area contributed by atoms with Gasteiger partial charge in [0.1, 0.15) is 23.7 Å². The third kappa shape index (κ3) is 8.57. The van der Waals surface area contributed by atoms with E-state index in [4.69, 9.17) is 19.4 Å². The number of carbonyl (C=O) groups is 4. The molecule has 0 radical (unpaired) electrons. The molecule has 3 aliphatic rings. The highest BCUT2D eigenvalue weighted by Gasteiger charge is 2.39. The molecule has 6 aromatic rings. The third-order valence-electron chi connectivity index (χ3n) is 12.3. The summed E-state index contributed by atoms with van der Waals surface area (Å²) >= 11 is 0. The Balaban J connectivity index is 0.867. The maximum atomic E-state index is 14.0. The Labute approximate surface area is 370 Å². The smallest absolute Gasteiger partial charge is 0.407 e. The standard InChI is InChI=1S/C50H48N8O6/c1-63-49(61)55-42(34-11-5-3-6-12-34)47(59)57-27-9-15-40(57)45-51-30-39(53-45)33-22-19-31(20-23-33)17-18-32-21-25-37-36(29-32)24-26-38-44(37)54-46(52-38)41-16-10-28-58(41)48(60)43(56-50(62)64-2)35-13-7-4-8-14-35/h3-8,11-14,19-23,25,29-30,40-43H,9-10,15-16,24,26-28H2,1-2H3,(H,51,53)(H,52,54)(H,55,61)(H,56,62)/t40-,41-,42+,43+/m0/s1. The van der Waals surface area contributed by atoms with E-state index in [0.29, 0.717) is 30.0 Å². The number of aromatic amines is 2. The first-order chi connectivity index (χ1) is 31.3. The number of imidazole rings is 2. The van der Waals surface area contributed by atoms with Crippen LogP contribution in [0.5, 0.6) is 0 Å². The second-order valence-corrected chi connectivity index (χ2v) is 16.2. The first kappa shape index (κ1) is 41.7.